The zero-order chi connectivity index (χ0) is 11.7. The van der Waals surface area contributed by atoms with Crippen LogP contribution in [0, 0.1) is 0 Å². The first-order valence-electron chi connectivity index (χ1n) is 5.05. The van der Waals surface area contributed by atoms with Crippen molar-refractivity contribution in [2.24, 2.45) is 0 Å². The Morgan fingerprint density at radius 3 is 2.88 bits per heavy atom. The van der Waals surface area contributed by atoms with E-state index in [1.807, 2.05) is 0 Å². The van der Waals surface area contributed by atoms with E-state index in [-0.39, 0.29) is 18.1 Å². The Morgan fingerprint density at radius 1 is 1.35 bits per heavy atom. The number of nitrogens with two attached hydrogens (primary N) is 1. The van der Waals surface area contributed by atoms with E-state index in [4.69, 9.17) is 15.2 Å². The van der Waals surface area contributed by atoms with Gasteiger partial charge in [-0.1, -0.05) is 0 Å². The van der Waals surface area contributed by atoms with Crippen molar-refractivity contribution in [3.8, 4) is 12.0 Å². The van der Waals surface area contributed by atoms with Gasteiger partial charge < -0.3 is 15.2 Å². The lowest BCUT2D eigenvalue weighted by Crippen LogP contribution is -2.39. The van der Waals surface area contributed by atoms with Crippen LogP contribution in [-0.2, 0) is 4.74 Å². The first-order valence-corrected chi connectivity index (χ1v) is 5.05. The largest absolute Gasteiger partial charge is 0.455 e. The molecule has 0 aromatic carbocycles. The molecule has 2 aromatic rings. The molecule has 0 unspecified atom stereocenters. The molecular weight excluding hydrogens is 224 g/mol. The summed E-state index contributed by atoms with van der Waals surface area (Å²) in [6.45, 7) is 1.10. The SMILES string of the molecule is Nc1nc(OC2COC2)nc(-n2ccnc2)n1. The molecule has 0 radical (unpaired) electrons. The van der Waals surface area contributed by atoms with Gasteiger partial charge in [-0.15, -0.1) is 0 Å². The highest BCUT2D eigenvalue weighted by molar-refractivity contribution is 5.25. The lowest BCUT2D eigenvalue weighted by Gasteiger charge is -2.25. The molecule has 1 fully saturated rings. The highest BCUT2D eigenvalue weighted by atomic mass is 16.6. The predicted molar refractivity (Wildman–Crippen MR) is 56.6 cm³/mol. The molecule has 1 aliphatic rings. The molecule has 0 atom stereocenters. The fourth-order valence-corrected chi connectivity index (χ4v) is 1.34. The molecule has 0 amide bonds. The lowest BCUT2D eigenvalue weighted by atomic mass is 10.3. The van der Waals surface area contributed by atoms with Gasteiger partial charge in [0.15, 0.2) is 0 Å². The van der Waals surface area contributed by atoms with Crippen LogP contribution in [0.25, 0.3) is 5.95 Å². The van der Waals surface area contributed by atoms with Crippen LogP contribution < -0.4 is 10.5 Å². The number of hydrogen-bond donors (Lipinski definition) is 1. The van der Waals surface area contributed by atoms with Gasteiger partial charge in [0.1, 0.15) is 12.4 Å². The second kappa shape index (κ2) is 3.98. The van der Waals surface area contributed by atoms with Gasteiger partial charge in [0, 0.05) is 12.4 Å². The van der Waals surface area contributed by atoms with E-state index >= 15 is 0 Å². The number of hydrogen-bond acceptors (Lipinski definition) is 7. The van der Waals surface area contributed by atoms with Gasteiger partial charge in [0.25, 0.3) is 0 Å². The van der Waals surface area contributed by atoms with E-state index in [9.17, 15) is 0 Å². The summed E-state index contributed by atoms with van der Waals surface area (Å²) in [5.41, 5.74) is 5.59. The van der Waals surface area contributed by atoms with Crippen molar-refractivity contribution in [3.63, 3.8) is 0 Å². The molecule has 1 saturated heterocycles. The maximum absolute atomic E-state index is 5.59. The van der Waals surface area contributed by atoms with Crippen LogP contribution in [0.3, 0.4) is 0 Å². The van der Waals surface area contributed by atoms with Crippen molar-refractivity contribution >= 4 is 5.95 Å². The van der Waals surface area contributed by atoms with Crippen molar-refractivity contribution in [1.29, 1.82) is 0 Å². The maximum Gasteiger partial charge on any atom is 0.323 e. The van der Waals surface area contributed by atoms with Crippen molar-refractivity contribution < 1.29 is 9.47 Å². The Morgan fingerprint density at radius 2 is 2.24 bits per heavy atom. The van der Waals surface area contributed by atoms with Crippen molar-refractivity contribution in [2.75, 3.05) is 18.9 Å². The maximum atomic E-state index is 5.59. The lowest BCUT2D eigenvalue weighted by molar-refractivity contribution is -0.0831. The number of nitrogens with zero attached hydrogens (tertiary/aromatic N) is 5. The molecule has 0 saturated carbocycles. The fraction of sp³-hybridized carbons (Fsp3) is 0.333. The van der Waals surface area contributed by atoms with E-state index in [1.165, 1.54) is 0 Å². The van der Waals surface area contributed by atoms with Crippen molar-refractivity contribution in [3.05, 3.63) is 18.7 Å². The summed E-state index contributed by atoms with van der Waals surface area (Å²) in [7, 11) is 0. The molecule has 0 spiro atoms. The van der Waals surface area contributed by atoms with Gasteiger partial charge in [-0.25, -0.2) is 4.98 Å². The summed E-state index contributed by atoms with van der Waals surface area (Å²) in [6.07, 6.45) is 4.91. The van der Waals surface area contributed by atoms with E-state index in [0.717, 1.165) is 0 Å². The van der Waals surface area contributed by atoms with Gasteiger partial charge >= 0.3 is 6.01 Å². The smallest absolute Gasteiger partial charge is 0.323 e. The van der Waals surface area contributed by atoms with Crippen molar-refractivity contribution in [1.82, 2.24) is 24.5 Å². The number of rotatable bonds is 3. The molecular formula is C9H10N6O2. The molecule has 88 valence electrons. The number of nitrogen functional groups attached to an aromatic ring is 1. The third-order valence-corrected chi connectivity index (χ3v) is 2.24. The third kappa shape index (κ3) is 2.02. The predicted octanol–water partition coefficient (Wildman–Crippen LogP) is -0.583. The molecule has 2 aromatic heterocycles. The Balaban J connectivity index is 1.89. The zero-order valence-corrected chi connectivity index (χ0v) is 8.85. The standard InChI is InChI=1S/C9H10N6O2/c10-7-12-8(15-2-1-11-5-15)14-9(13-7)17-6-3-16-4-6/h1-2,5-6H,3-4H2,(H2,10,12,13,14). The number of ether oxygens (including phenoxy) is 2. The van der Waals surface area contributed by atoms with Crippen LogP contribution in [-0.4, -0.2) is 43.8 Å². The fourth-order valence-electron chi connectivity index (χ4n) is 1.34. The zero-order valence-electron chi connectivity index (χ0n) is 8.85. The number of aromatic nitrogens is 5. The van der Waals surface area contributed by atoms with Crippen LogP contribution in [0.5, 0.6) is 6.01 Å². The molecule has 0 aliphatic carbocycles. The van der Waals surface area contributed by atoms with Crippen LogP contribution in [0.15, 0.2) is 18.7 Å². The monoisotopic (exact) mass is 234 g/mol. The highest BCUT2D eigenvalue weighted by Gasteiger charge is 2.22. The van der Waals surface area contributed by atoms with E-state index in [1.54, 1.807) is 23.3 Å². The Labute approximate surface area is 96.4 Å². The molecule has 3 rings (SSSR count). The average molecular weight is 234 g/mol. The van der Waals surface area contributed by atoms with Crippen LogP contribution in [0.1, 0.15) is 0 Å². The Hall–Kier alpha value is -2.22. The first kappa shape index (κ1) is 9.97. The summed E-state index contributed by atoms with van der Waals surface area (Å²) >= 11 is 0. The molecule has 0 bridgehead atoms. The van der Waals surface area contributed by atoms with Gasteiger partial charge in [-0.3, -0.25) is 4.57 Å². The quantitative estimate of drug-likeness (QED) is 0.757. The third-order valence-electron chi connectivity index (χ3n) is 2.24. The summed E-state index contributed by atoms with van der Waals surface area (Å²) in [4.78, 5) is 16.0. The first-order chi connectivity index (χ1) is 8.31. The second-order valence-electron chi connectivity index (χ2n) is 3.52. The normalized spacial score (nSPS) is 15.5. The summed E-state index contributed by atoms with van der Waals surface area (Å²) < 4.78 is 12.1. The van der Waals surface area contributed by atoms with Gasteiger partial charge in [-0.2, -0.15) is 15.0 Å². The minimum atomic E-state index is -0.00700. The Bertz CT molecular complexity index is 510. The van der Waals surface area contributed by atoms with Gasteiger partial charge in [0.05, 0.1) is 13.2 Å². The second-order valence-corrected chi connectivity index (χ2v) is 3.52. The van der Waals surface area contributed by atoms with Gasteiger partial charge in [0.2, 0.25) is 11.9 Å². The topological polar surface area (TPSA) is 101 Å². The molecule has 3 heterocycles. The molecule has 8 heteroatoms. The minimum absolute atomic E-state index is 0.00700. The highest BCUT2D eigenvalue weighted by Crippen LogP contribution is 2.13. The van der Waals surface area contributed by atoms with Gasteiger partial charge in [-0.05, 0) is 0 Å². The van der Waals surface area contributed by atoms with E-state index in [2.05, 4.69) is 19.9 Å². The van der Waals surface area contributed by atoms with Crippen molar-refractivity contribution in [2.45, 2.75) is 6.10 Å². The molecule has 1 aliphatic heterocycles. The van der Waals surface area contributed by atoms with E-state index < -0.39 is 0 Å². The molecule has 2 N–H and O–H groups in total. The minimum Gasteiger partial charge on any atom is -0.455 e. The number of anilines is 1. The van der Waals surface area contributed by atoms with Crippen LogP contribution >= 0.6 is 0 Å². The van der Waals surface area contributed by atoms with Crippen LogP contribution in [0.2, 0.25) is 0 Å². The molecule has 17 heavy (non-hydrogen) atoms. The summed E-state index contributed by atoms with van der Waals surface area (Å²) in [5.74, 6) is 0.490. The average Bonchev–Trinajstić information content (AvgIpc) is 2.76. The summed E-state index contributed by atoms with van der Waals surface area (Å²) in [5, 5.41) is 0. The summed E-state index contributed by atoms with van der Waals surface area (Å²) in [6, 6.07) is 0.203. The van der Waals surface area contributed by atoms with Crippen LogP contribution in [0.4, 0.5) is 5.95 Å². The molecule has 8 nitrogen and oxygen atoms in total. The number of imidazole rings is 1. The van der Waals surface area contributed by atoms with E-state index in [0.29, 0.717) is 19.2 Å². The Kier molecular flexibility index (Phi) is 2.33.